The standard InChI is InChI=1S/C12H9BrClNO3S/c13-8-2-1-3-10(6-8)19(17,18)15-12-5-4-9(16)7-11(12)14/h1-7,15-16H. The van der Waals surface area contributed by atoms with Gasteiger partial charge in [0.1, 0.15) is 5.75 Å². The first kappa shape index (κ1) is 14.2. The van der Waals surface area contributed by atoms with E-state index < -0.39 is 10.0 Å². The molecule has 4 nitrogen and oxygen atoms in total. The lowest BCUT2D eigenvalue weighted by atomic mass is 10.3. The molecule has 0 radical (unpaired) electrons. The molecule has 0 aliphatic carbocycles. The zero-order valence-electron chi connectivity index (χ0n) is 9.47. The molecule has 0 aromatic heterocycles. The minimum absolute atomic E-state index is 0.0320. The number of hydrogen-bond acceptors (Lipinski definition) is 3. The van der Waals surface area contributed by atoms with Crippen molar-refractivity contribution in [2.24, 2.45) is 0 Å². The summed E-state index contributed by atoms with van der Waals surface area (Å²) in [5.74, 6) is -0.0320. The topological polar surface area (TPSA) is 66.4 Å². The third kappa shape index (κ3) is 3.40. The molecule has 0 heterocycles. The molecule has 7 heteroatoms. The van der Waals surface area contributed by atoms with Gasteiger partial charge in [-0.2, -0.15) is 0 Å². The Labute approximate surface area is 124 Å². The van der Waals surface area contributed by atoms with Crippen LogP contribution < -0.4 is 4.72 Å². The molecule has 0 spiro atoms. The molecule has 0 unspecified atom stereocenters. The second-order valence-electron chi connectivity index (χ2n) is 3.73. The van der Waals surface area contributed by atoms with Crippen molar-refractivity contribution in [3.05, 3.63) is 52.0 Å². The van der Waals surface area contributed by atoms with Crippen molar-refractivity contribution in [2.45, 2.75) is 4.90 Å². The summed E-state index contributed by atoms with van der Waals surface area (Å²) in [5.41, 5.74) is 0.208. The van der Waals surface area contributed by atoms with Gasteiger partial charge < -0.3 is 5.11 Å². The number of hydrogen-bond donors (Lipinski definition) is 2. The smallest absolute Gasteiger partial charge is 0.261 e. The molecule has 0 saturated carbocycles. The average molecular weight is 363 g/mol. The summed E-state index contributed by atoms with van der Waals surface area (Å²) in [6.07, 6.45) is 0. The third-order valence-electron chi connectivity index (χ3n) is 2.30. The first-order valence-corrected chi connectivity index (χ1v) is 7.81. The van der Waals surface area contributed by atoms with Gasteiger partial charge in [-0.05, 0) is 30.3 Å². The minimum atomic E-state index is -3.72. The molecule has 0 saturated heterocycles. The fraction of sp³-hybridized carbons (Fsp3) is 0. The molecule has 2 aromatic rings. The Morgan fingerprint density at radius 2 is 1.89 bits per heavy atom. The van der Waals surface area contributed by atoms with Crippen molar-refractivity contribution in [1.29, 1.82) is 0 Å². The van der Waals surface area contributed by atoms with Gasteiger partial charge in [-0.3, -0.25) is 4.72 Å². The van der Waals surface area contributed by atoms with E-state index in [2.05, 4.69) is 20.7 Å². The van der Waals surface area contributed by atoms with E-state index in [1.54, 1.807) is 12.1 Å². The molecule has 2 aromatic carbocycles. The van der Waals surface area contributed by atoms with Crippen LogP contribution in [0.4, 0.5) is 5.69 Å². The zero-order valence-corrected chi connectivity index (χ0v) is 12.6. The van der Waals surface area contributed by atoms with Gasteiger partial charge in [0.05, 0.1) is 15.6 Å². The molecular weight excluding hydrogens is 354 g/mol. The highest BCUT2D eigenvalue weighted by atomic mass is 79.9. The van der Waals surface area contributed by atoms with Crippen molar-refractivity contribution in [1.82, 2.24) is 0 Å². The molecule has 19 heavy (non-hydrogen) atoms. The number of phenols is 1. The maximum absolute atomic E-state index is 12.1. The molecule has 2 N–H and O–H groups in total. The fourth-order valence-electron chi connectivity index (χ4n) is 1.42. The second-order valence-corrected chi connectivity index (χ2v) is 6.73. The van der Waals surface area contributed by atoms with Gasteiger partial charge in [0.25, 0.3) is 10.0 Å². The largest absolute Gasteiger partial charge is 0.508 e. The number of nitrogens with one attached hydrogen (secondary N) is 1. The predicted molar refractivity (Wildman–Crippen MR) is 78.1 cm³/mol. The number of rotatable bonds is 3. The average Bonchev–Trinajstić information content (AvgIpc) is 2.33. The van der Waals surface area contributed by atoms with Crippen LogP contribution in [-0.2, 0) is 10.0 Å². The Morgan fingerprint density at radius 1 is 1.16 bits per heavy atom. The van der Waals surface area contributed by atoms with Crippen LogP contribution in [0.2, 0.25) is 5.02 Å². The maximum Gasteiger partial charge on any atom is 0.261 e. The minimum Gasteiger partial charge on any atom is -0.508 e. The summed E-state index contributed by atoms with van der Waals surface area (Å²) in [6, 6.07) is 10.3. The molecular formula is C12H9BrClNO3S. The Balaban J connectivity index is 2.36. The van der Waals surface area contributed by atoms with E-state index in [-0.39, 0.29) is 21.4 Å². The quantitative estimate of drug-likeness (QED) is 0.820. The van der Waals surface area contributed by atoms with Crippen LogP contribution >= 0.6 is 27.5 Å². The summed E-state index contributed by atoms with van der Waals surface area (Å²) < 4.78 is 27.3. The normalized spacial score (nSPS) is 11.3. The van der Waals surface area contributed by atoms with Crippen LogP contribution in [0.5, 0.6) is 5.75 Å². The van der Waals surface area contributed by atoms with Gasteiger partial charge in [0.2, 0.25) is 0 Å². The van der Waals surface area contributed by atoms with Gasteiger partial charge in [0, 0.05) is 10.5 Å². The number of aromatic hydroxyl groups is 1. The Kier molecular flexibility index (Phi) is 4.03. The molecule has 0 aliphatic rings. The first-order valence-electron chi connectivity index (χ1n) is 5.15. The lowest BCUT2D eigenvalue weighted by Crippen LogP contribution is -2.13. The summed E-state index contributed by atoms with van der Waals surface area (Å²) in [4.78, 5) is 0.117. The van der Waals surface area contributed by atoms with E-state index in [0.717, 1.165) is 0 Å². The Morgan fingerprint density at radius 3 is 2.53 bits per heavy atom. The number of benzene rings is 2. The third-order valence-corrected chi connectivity index (χ3v) is 4.47. The number of phenolic OH excluding ortho intramolecular Hbond substituents is 1. The molecule has 0 amide bonds. The number of anilines is 1. The Bertz CT molecular complexity index is 719. The lowest BCUT2D eigenvalue weighted by molar-refractivity contribution is 0.475. The van der Waals surface area contributed by atoms with Crippen LogP contribution in [-0.4, -0.2) is 13.5 Å². The van der Waals surface area contributed by atoms with Gasteiger partial charge >= 0.3 is 0 Å². The maximum atomic E-state index is 12.1. The van der Waals surface area contributed by atoms with E-state index >= 15 is 0 Å². The fourth-order valence-corrected chi connectivity index (χ4v) is 3.38. The molecule has 0 bridgehead atoms. The Hall–Kier alpha value is -1.24. The van der Waals surface area contributed by atoms with E-state index in [4.69, 9.17) is 11.6 Å². The second kappa shape index (κ2) is 5.40. The molecule has 2 rings (SSSR count). The van der Waals surface area contributed by atoms with Crippen LogP contribution in [0.15, 0.2) is 51.8 Å². The monoisotopic (exact) mass is 361 g/mol. The van der Waals surface area contributed by atoms with Crippen molar-refractivity contribution in [3.8, 4) is 5.75 Å². The zero-order chi connectivity index (χ0) is 14.0. The van der Waals surface area contributed by atoms with Crippen molar-refractivity contribution in [3.63, 3.8) is 0 Å². The SMILES string of the molecule is O=S(=O)(Nc1ccc(O)cc1Cl)c1cccc(Br)c1. The summed E-state index contributed by atoms with van der Waals surface area (Å²) in [5, 5.41) is 9.35. The van der Waals surface area contributed by atoms with Crippen molar-refractivity contribution < 1.29 is 13.5 Å². The highest BCUT2D eigenvalue weighted by Gasteiger charge is 2.16. The van der Waals surface area contributed by atoms with E-state index in [9.17, 15) is 13.5 Å². The van der Waals surface area contributed by atoms with Crippen LogP contribution in [0.1, 0.15) is 0 Å². The van der Waals surface area contributed by atoms with Crippen molar-refractivity contribution in [2.75, 3.05) is 4.72 Å². The molecule has 0 aliphatic heterocycles. The summed E-state index contributed by atoms with van der Waals surface area (Å²) in [6.45, 7) is 0. The van der Waals surface area contributed by atoms with E-state index in [1.807, 2.05) is 0 Å². The van der Waals surface area contributed by atoms with Gasteiger partial charge in [-0.1, -0.05) is 33.6 Å². The number of sulfonamides is 1. The van der Waals surface area contributed by atoms with Gasteiger partial charge in [-0.15, -0.1) is 0 Å². The molecule has 0 atom stereocenters. The van der Waals surface area contributed by atoms with Crippen LogP contribution in [0.3, 0.4) is 0 Å². The summed E-state index contributed by atoms with van der Waals surface area (Å²) in [7, 11) is -3.72. The highest BCUT2D eigenvalue weighted by Crippen LogP contribution is 2.28. The molecule has 100 valence electrons. The van der Waals surface area contributed by atoms with Crippen LogP contribution in [0.25, 0.3) is 0 Å². The van der Waals surface area contributed by atoms with Gasteiger partial charge in [-0.25, -0.2) is 8.42 Å². The highest BCUT2D eigenvalue weighted by molar-refractivity contribution is 9.10. The van der Waals surface area contributed by atoms with E-state index in [1.165, 1.54) is 30.3 Å². The lowest BCUT2D eigenvalue weighted by Gasteiger charge is -2.10. The van der Waals surface area contributed by atoms with Crippen LogP contribution in [0, 0.1) is 0 Å². The van der Waals surface area contributed by atoms with E-state index in [0.29, 0.717) is 4.47 Å². The first-order chi connectivity index (χ1) is 8.88. The predicted octanol–water partition coefficient (Wildman–Crippen LogP) is 3.61. The summed E-state index contributed by atoms with van der Waals surface area (Å²) >= 11 is 9.07. The number of halogens is 2. The molecule has 0 fully saturated rings. The van der Waals surface area contributed by atoms with Gasteiger partial charge in [0.15, 0.2) is 0 Å². The van der Waals surface area contributed by atoms with Crippen molar-refractivity contribution >= 4 is 43.2 Å².